The summed E-state index contributed by atoms with van der Waals surface area (Å²) in [5.41, 5.74) is 2.81. The van der Waals surface area contributed by atoms with Gasteiger partial charge in [0.15, 0.2) is 5.82 Å². The normalized spacial score (nSPS) is 16.3. The molecule has 1 fully saturated rings. The topological polar surface area (TPSA) is 93.5 Å². The number of ether oxygens (including phenoxy) is 2. The predicted octanol–water partition coefficient (Wildman–Crippen LogP) is 3.75. The first-order valence-electron chi connectivity index (χ1n) is 10.0. The molecule has 1 aliphatic heterocycles. The molecule has 1 N–H and O–H groups in total. The van der Waals surface area contributed by atoms with Gasteiger partial charge in [0.05, 0.1) is 14.2 Å². The van der Waals surface area contributed by atoms with E-state index in [0.29, 0.717) is 42.7 Å². The molecule has 8 nitrogen and oxygen atoms in total. The van der Waals surface area contributed by atoms with Crippen LogP contribution in [-0.4, -0.2) is 46.7 Å². The number of aromatic amines is 1. The van der Waals surface area contributed by atoms with Gasteiger partial charge in [0.1, 0.15) is 11.5 Å². The van der Waals surface area contributed by atoms with Crippen molar-refractivity contribution in [3.05, 3.63) is 60.0 Å². The highest BCUT2D eigenvalue weighted by Crippen LogP contribution is 2.33. The minimum absolute atomic E-state index is 0.0574. The largest absolute Gasteiger partial charge is 0.497 e. The molecule has 0 spiro atoms. The average Bonchev–Trinajstić information content (AvgIpc) is 3.54. The molecular formula is C23H22N4O4. The zero-order valence-corrected chi connectivity index (χ0v) is 17.3. The minimum atomic E-state index is -0.111. The van der Waals surface area contributed by atoms with Crippen molar-refractivity contribution in [2.24, 2.45) is 0 Å². The maximum atomic E-state index is 12.7. The molecular weight excluding hydrogens is 396 g/mol. The monoisotopic (exact) mass is 418 g/mol. The van der Waals surface area contributed by atoms with Crippen LogP contribution in [0.2, 0.25) is 0 Å². The maximum absolute atomic E-state index is 12.7. The fourth-order valence-corrected chi connectivity index (χ4v) is 4.07. The number of methoxy groups -OCH3 is 2. The van der Waals surface area contributed by atoms with Gasteiger partial charge in [0.2, 0.25) is 5.91 Å². The lowest BCUT2D eigenvalue weighted by Crippen LogP contribution is -2.24. The molecule has 1 amide bonds. The standard InChI is InChI=1S/C23H22N4O4/c1-29-16-7-6-14(20(11-16)30-2)12-27-13-15(10-21(27)28)22-25-23(31-26-22)18-4-3-5-19-17(18)8-9-24-19/h3-9,11,15,24H,10,12-13H2,1-2H3. The summed E-state index contributed by atoms with van der Waals surface area (Å²) in [5.74, 6) is 2.37. The maximum Gasteiger partial charge on any atom is 0.258 e. The van der Waals surface area contributed by atoms with Gasteiger partial charge in [-0.1, -0.05) is 11.2 Å². The summed E-state index contributed by atoms with van der Waals surface area (Å²) in [6.07, 6.45) is 2.23. The Morgan fingerprint density at radius 1 is 1.19 bits per heavy atom. The van der Waals surface area contributed by atoms with E-state index in [9.17, 15) is 4.79 Å². The second kappa shape index (κ2) is 7.79. The Morgan fingerprint density at radius 3 is 2.94 bits per heavy atom. The van der Waals surface area contributed by atoms with E-state index in [2.05, 4.69) is 15.1 Å². The molecule has 3 heterocycles. The summed E-state index contributed by atoms with van der Waals surface area (Å²) in [4.78, 5) is 22.3. The summed E-state index contributed by atoms with van der Waals surface area (Å²) in [6, 6.07) is 13.5. The molecule has 5 rings (SSSR count). The van der Waals surface area contributed by atoms with Crippen LogP contribution >= 0.6 is 0 Å². The third kappa shape index (κ3) is 3.50. The van der Waals surface area contributed by atoms with Crippen LogP contribution in [-0.2, 0) is 11.3 Å². The number of hydrogen-bond donors (Lipinski definition) is 1. The molecule has 8 heteroatoms. The quantitative estimate of drug-likeness (QED) is 0.513. The number of amides is 1. The second-order valence-corrected chi connectivity index (χ2v) is 7.56. The Morgan fingerprint density at radius 2 is 2.10 bits per heavy atom. The van der Waals surface area contributed by atoms with Crippen LogP contribution in [0, 0.1) is 0 Å². The SMILES string of the molecule is COc1ccc(CN2CC(c3noc(-c4cccc5[nH]ccc45)n3)CC2=O)c(OC)c1. The lowest BCUT2D eigenvalue weighted by molar-refractivity contribution is -0.128. The fraction of sp³-hybridized carbons (Fsp3) is 0.261. The van der Waals surface area contributed by atoms with Crippen molar-refractivity contribution in [2.75, 3.05) is 20.8 Å². The third-order valence-electron chi connectivity index (χ3n) is 5.70. The number of likely N-dealkylation sites (tertiary alicyclic amines) is 1. The Hall–Kier alpha value is -3.81. The Kier molecular flexibility index (Phi) is 4.82. The predicted molar refractivity (Wildman–Crippen MR) is 114 cm³/mol. The van der Waals surface area contributed by atoms with Crippen molar-refractivity contribution in [2.45, 2.75) is 18.9 Å². The molecule has 0 radical (unpaired) electrons. The number of benzene rings is 2. The van der Waals surface area contributed by atoms with Crippen LogP contribution in [0.5, 0.6) is 11.5 Å². The second-order valence-electron chi connectivity index (χ2n) is 7.56. The Bertz CT molecular complexity index is 1250. The number of nitrogens with one attached hydrogen (secondary N) is 1. The minimum Gasteiger partial charge on any atom is -0.497 e. The van der Waals surface area contributed by atoms with Crippen molar-refractivity contribution in [3.8, 4) is 23.0 Å². The molecule has 1 saturated heterocycles. The molecule has 0 aliphatic carbocycles. The first kappa shape index (κ1) is 19.2. The lowest BCUT2D eigenvalue weighted by Gasteiger charge is -2.18. The summed E-state index contributed by atoms with van der Waals surface area (Å²) in [6.45, 7) is 0.983. The van der Waals surface area contributed by atoms with Crippen molar-refractivity contribution in [1.82, 2.24) is 20.0 Å². The van der Waals surface area contributed by atoms with Gasteiger partial charge < -0.3 is 23.9 Å². The van der Waals surface area contributed by atoms with Gasteiger partial charge in [-0.05, 0) is 30.3 Å². The molecule has 4 aromatic rings. The van der Waals surface area contributed by atoms with Gasteiger partial charge in [-0.2, -0.15) is 4.98 Å². The van der Waals surface area contributed by atoms with Gasteiger partial charge in [0, 0.05) is 59.7 Å². The van der Waals surface area contributed by atoms with Gasteiger partial charge in [0.25, 0.3) is 5.89 Å². The van der Waals surface area contributed by atoms with E-state index < -0.39 is 0 Å². The number of hydrogen-bond acceptors (Lipinski definition) is 6. The number of fused-ring (bicyclic) bond motifs is 1. The van der Waals surface area contributed by atoms with E-state index in [1.54, 1.807) is 19.1 Å². The van der Waals surface area contributed by atoms with E-state index in [1.807, 2.05) is 48.7 Å². The molecule has 2 aromatic carbocycles. The van der Waals surface area contributed by atoms with E-state index in [-0.39, 0.29) is 11.8 Å². The number of carbonyl (C=O) groups excluding carboxylic acids is 1. The number of rotatable bonds is 6. The molecule has 0 bridgehead atoms. The van der Waals surface area contributed by atoms with Crippen molar-refractivity contribution < 1.29 is 18.8 Å². The lowest BCUT2D eigenvalue weighted by atomic mass is 10.1. The molecule has 0 saturated carbocycles. The van der Waals surface area contributed by atoms with Crippen molar-refractivity contribution in [1.29, 1.82) is 0 Å². The zero-order chi connectivity index (χ0) is 21.4. The fourth-order valence-electron chi connectivity index (χ4n) is 4.07. The Labute approximate surface area is 178 Å². The number of H-pyrrole nitrogens is 1. The molecule has 1 aliphatic rings. The smallest absolute Gasteiger partial charge is 0.258 e. The number of carbonyl (C=O) groups is 1. The van der Waals surface area contributed by atoms with E-state index in [0.717, 1.165) is 22.0 Å². The highest BCUT2D eigenvalue weighted by molar-refractivity contribution is 5.92. The van der Waals surface area contributed by atoms with Gasteiger partial charge in [-0.25, -0.2) is 0 Å². The number of nitrogens with zero attached hydrogens (tertiary/aromatic N) is 3. The summed E-state index contributed by atoms with van der Waals surface area (Å²) < 4.78 is 16.3. The third-order valence-corrected chi connectivity index (χ3v) is 5.70. The highest BCUT2D eigenvalue weighted by atomic mass is 16.5. The zero-order valence-electron chi connectivity index (χ0n) is 17.3. The van der Waals surface area contributed by atoms with Crippen LogP contribution in [0.1, 0.15) is 23.7 Å². The first-order valence-corrected chi connectivity index (χ1v) is 10.0. The molecule has 1 unspecified atom stereocenters. The first-order chi connectivity index (χ1) is 15.2. The average molecular weight is 418 g/mol. The van der Waals surface area contributed by atoms with E-state index >= 15 is 0 Å². The van der Waals surface area contributed by atoms with Gasteiger partial charge in [-0.3, -0.25) is 4.79 Å². The molecule has 158 valence electrons. The van der Waals surface area contributed by atoms with Crippen LogP contribution < -0.4 is 9.47 Å². The van der Waals surface area contributed by atoms with Gasteiger partial charge in [-0.15, -0.1) is 0 Å². The summed E-state index contributed by atoms with van der Waals surface area (Å²) in [5, 5.41) is 5.20. The van der Waals surface area contributed by atoms with E-state index in [4.69, 9.17) is 14.0 Å². The van der Waals surface area contributed by atoms with Crippen LogP contribution in [0.15, 0.2) is 53.2 Å². The highest BCUT2D eigenvalue weighted by Gasteiger charge is 2.34. The molecule has 2 aromatic heterocycles. The summed E-state index contributed by atoms with van der Waals surface area (Å²) in [7, 11) is 3.22. The summed E-state index contributed by atoms with van der Waals surface area (Å²) >= 11 is 0. The molecule has 1 atom stereocenters. The van der Waals surface area contributed by atoms with Crippen molar-refractivity contribution in [3.63, 3.8) is 0 Å². The van der Waals surface area contributed by atoms with Crippen LogP contribution in [0.4, 0.5) is 0 Å². The van der Waals surface area contributed by atoms with E-state index in [1.165, 1.54) is 0 Å². The number of aromatic nitrogens is 3. The van der Waals surface area contributed by atoms with Crippen LogP contribution in [0.3, 0.4) is 0 Å². The molecule has 31 heavy (non-hydrogen) atoms. The van der Waals surface area contributed by atoms with Crippen molar-refractivity contribution >= 4 is 16.8 Å². The van der Waals surface area contributed by atoms with Gasteiger partial charge >= 0.3 is 0 Å². The Balaban J connectivity index is 1.35. The van der Waals surface area contributed by atoms with Crippen LogP contribution in [0.25, 0.3) is 22.4 Å².